The van der Waals surface area contributed by atoms with Crippen LogP contribution in [0.3, 0.4) is 0 Å². The molecule has 38 heavy (non-hydrogen) atoms. The number of rotatable bonds is 6. The summed E-state index contributed by atoms with van der Waals surface area (Å²) in [6.07, 6.45) is 10.2. The molecule has 0 spiro atoms. The van der Waals surface area contributed by atoms with Crippen molar-refractivity contribution >= 4 is 34.1 Å². The number of ketones is 2. The van der Waals surface area contributed by atoms with Gasteiger partial charge in [-0.05, 0) is 56.2 Å². The van der Waals surface area contributed by atoms with E-state index in [0.29, 0.717) is 37.5 Å². The molecule has 0 aliphatic carbocycles. The number of ether oxygens (including phenoxy) is 1. The smallest absolute Gasteiger partial charge is 0.243 e. The van der Waals surface area contributed by atoms with Gasteiger partial charge >= 0.3 is 0 Å². The number of hydrogen-bond acceptors (Lipinski definition) is 5. The molecule has 0 saturated carbocycles. The second-order valence-electron chi connectivity index (χ2n) is 11.5. The van der Waals surface area contributed by atoms with Crippen molar-refractivity contribution in [2.24, 2.45) is 5.92 Å². The van der Waals surface area contributed by atoms with E-state index in [1.807, 2.05) is 17.7 Å². The Morgan fingerprint density at radius 3 is 2.55 bits per heavy atom. The molecule has 1 N–H and O–H groups in total. The number of Topliss-reactive ketones (excluding diaryl/α,β-unsaturated/α-hetero) is 2. The van der Waals surface area contributed by atoms with Crippen molar-refractivity contribution in [1.82, 2.24) is 9.47 Å². The molecule has 7 heteroatoms. The molecule has 1 amide bonds. The van der Waals surface area contributed by atoms with E-state index in [2.05, 4.69) is 31.3 Å². The first-order valence-corrected chi connectivity index (χ1v) is 14.6. The zero-order valence-corrected chi connectivity index (χ0v) is 23.7. The maximum Gasteiger partial charge on any atom is 0.243 e. The van der Waals surface area contributed by atoms with Crippen molar-refractivity contribution in [2.75, 3.05) is 25.0 Å². The van der Waals surface area contributed by atoms with Crippen LogP contribution in [0.1, 0.15) is 95.0 Å². The fraction of sp³-hybridized carbons (Fsp3) is 0.645. The average molecular weight is 524 g/mol. The first-order valence-electron chi connectivity index (χ1n) is 14.6. The number of amides is 1. The van der Waals surface area contributed by atoms with Crippen molar-refractivity contribution in [3.05, 3.63) is 29.5 Å². The van der Waals surface area contributed by atoms with E-state index in [-0.39, 0.29) is 30.1 Å². The molecule has 2 aliphatic rings. The van der Waals surface area contributed by atoms with Crippen LogP contribution in [0, 0.1) is 5.92 Å². The van der Waals surface area contributed by atoms with Crippen molar-refractivity contribution in [3.8, 4) is 0 Å². The normalized spacial score (nSPS) is 21.6. The van der Waals surface area contributed by atoms with E-state index < -0.39 is 6.04 Å². The molecule has 2 aromatic rings. The van der Waals surface area contributed by atoms with Crippen LogP contribution in [0.4, 0.5) is 5.69 Å². The van der Waals surface area contributed by atoms with E-state index in [4.69, 9.17) is 4.74 Å². The average Bonchev–Trinajstić information content (AvgIpc) is 3.47. The van der Waals surface area contributed by atoms with Gasteiger partial charge in [-0.2, -0.15) is 0 Å². The highest BCUT2D eigenvalue weighted by molar-refractivity contribution is 6.09. The molecule has 2 atom stereocenters. The van der Waals surface area contributed by atoms with Crippen molar-refractivity contribution < 1.29 is 19.1 Å². The highest BCUT2D eigenvalue weighted by Crippen LogP contribution is 2.32. The molecule has 0 unspecified atom stereocenters. The molecule has 1 fully saturated rings. The van der Waals surface area contributed by atoms with Gasteiger partial charge in [0.25, 0.3) is 0 Å². The molecular formula is C31H45N3O4. The molecule has 0 radical (unpaired) electrons. The number of aryl methyl sites for hydroxylation is 1. The van der Waals surface area contributed by atoms with Gasteiger partial charge < -0.3 is 19.5 Å². The Labute approximate surface area is 227 Å². The summed E-state index contributed by atoms with van der Waals surface area (Å²) in [6.45, 7) is 9.92. The monoisotopic (exact) mass is 523 g/mol. The molecule has 7 nitrogen and oxygen atoms in total. The van der Waals surface area contributed by atoms with Gasteiger partial charge in [0.15, 0.2) is 11.6 Å². The largest absolute Gasteiger partial charge is 0.385 e. The fourth-order valence-electron chi connectivity index (χ4n) is 5.95. The van der Waals surface area contributed by atoms with Crippen LogP contribution >= 0.6 is 0 Å². The number of carbonyl (C=O) groups excluding carboxylic acids is 3. The van der Waals surface area contributed by atoms with Gasteiger partial charge in [-0.3, -0.25) is 14.4 Å². The Kier molecular flexibility index (Phi) is 9.64. The minimum absolute atomic E-state index is 0.0102. The molecule has 1 aromatic carbocycles. The van der Waals surface area contributed by atoms with Gasteiger partial charge in [-0.25, -0.2) is 0 Å². The van der Waals surface area contributed by atoms with E-state index >= 15 is 0 Å². The predicted octanol–water partition coefficient (Wildman–Crippen LogP) is 5.77. The number of nitrogens with zero attached hydrogens (tertiary/aromatic N) is 2. The highest BCUT2D eigenvalue weighted by atomic mass is 16.5. The van der Waals surface area contributed by atoms with Crippen LogP contribution < -0.4 is 5.32 Å². The Hall–Kier alpha value is -2.67. The van der Waals surface area contributed by atoms with Crippen LogP contribution in [-0.4, -0.2) is 58.8 Å². The van der Waals surface area contributed by atoms with Crippen LogP contribution in [0.2, 0.25) is 0 Å². The van der Waals surface area contributed by atoms with Gasteiger partial charge in [-0.1, -0.05) is 46.5 Å². The van der Waals surface area contributed by atoms with Crippen LogP contribution in [0.15, 0.2) is 18.3 Å². The maximum absolute atomic E-state index is 13.7. The second kappa shape index (κ2) is 12.9. The second-order valence-corrected chi connectivity index (χ2v) is 11.5. The third kappa shape index (κ3) is 6.48. The predicted molar refractivity (Wildman–Crippen MR) is 152 cm³/mol. The minimum atomic E-state index is -0.524. The number of carbonyl (C=O) groups is 3. The lowest BCUT2D eigenvalue weighted by Crippen LogP contribution is -2.46. The lowest BCUT2D eigenvalue weighted by molar-refractivity contribution is -0.140. The number of benzene rings is 1. The summed E-state index contributed by atoms with van der Waals surface area (Å²) in [5.41, 5.74) is 3.79. The highest BCUT2D eigenvalue weighted by Gasteiger charge is 2.41. The number of aromatic nitrogens is 1. The Balaban J connectivity index is 1.75. The summed E-state index contributed by atoms with van der Waals surface area (Å²) in [6, 6.07) is 3.74. The van der Waals surface area contributed by atoms with Crippen LogP contribution in [0.25, 0.3) is 10.9 Å². The fourth-order valence-corrected chi connectivity index (χ4v) is 5.95. The first kappa shape index (κ1) is 28.3. The third-order valence-electron chi connectivity index (χ3n) is 7.96. The molecule has 2 aliphatic heterocycles. The number of fused-ring (bicyclic) bond motifs is 2. The minimum Gasteiger partial charge on any atom is -0.385 e. The Bertz CT molecular complexity index is 1150. The zero-order chi connectivity index (χ0) is 27.2. The summed E-state index contributed by atoms with van der Waals surface area (Å²) in [4.78, 5) is 41.1. The molecule has 2 bridgehead atoms. The maximum atomic E-state index is 13.7. The molecule has 4 rings (SSSR count). The first-order chi connectivity index (χ1) is 18.3. The molecule has 1 aromatic heterocycles. The third-order valence-corrected chi connectivity index (χ3v) is 7.96. The topological polar surface area (TPSA) is 80.6 Å². The Morgan fingerprint density at radius 1 is 1.11 bits per heavy atom. The summed E-state index contributed by atoms with van der Waals surface area (Å²) >= 11 is 0. The summed E-state index contributed by atoms with van der Waals surface area (Å²) < 4.78 is 8.13. The van der Waals surface area contributed by atoms with E-state index in [0.717, 1.165) is 55.2 Å². The summed E-state index contributed by atoms with van der Waals surface area (Å²) in [7, 11) is 0. The standard InChI is InChI=1S/C31H45N3O4/c1-5-27(36)31-28-13-14-34(31)29(37)20-33-19-26(22(4)35)25-17-24(32-18-21(2)3)16-23(30(25)33)12-10-8-6-7-9-11-15-38-28/h16-17,19,21,28,31-32H,5-15,18,20H2,1-4H3/t28-,31-/m1/s1. The van der Waals surface area contributed by atoms with Gasteiger partial charge in [0.05, 0.1) is 11.6 Å². The molecular weight excluding hydrogens is 478 g/mol. The lowest BCUT2D eigenvalue weighted by atomic mass is 10.00. The number of anilines is 1. The molecule has 3 heterocycles. The van der Waals surface area contributed by atoms with Gasteiger partial charge in [0, 0.05) is 49.0 Å². The summed E-state index contributed by atoms with van der Waals surface area (Å²) in [5, 5.41) is 4.44. The zero-order valence-electron chi connectivity index (χ0n) is 23.7. The van der Waals surface area contributed by atoms with Gasteiger partial charge in [0.1, 0.15) is 12.6 Å². The van der Waals surface area contributed by atoms with Crippen LogP contribution in [-0.2, 0) is 27.3 Å². The molecule has 1 saturated heterocycles. The lowest BCUT2D eigenvalue weighted by Gasteiger charge is -2.27. The van der Waals surface area contributed by atoms with Crippen molar-refractivity contribution in [1.29, 1.82) is 0 Å². The van der Waals surface area contributed by atoms with E-state index in [9.17, 15) is 14.4 Å². The number of nitrogens with one attached hydrogen (secondary N) is 1. The van der Waals surface area contributed by atoms with Crippen molar-refractivity contribution in [2.45, 2.75) is 104 Å². The van der Waals surface area contributed by atoms with Crippen LogP contribution in [0.5, 0.6) is 0 Å². The quantitative estimate of drug-likeness (QED) is 0.486. The summed E-state index contributed by atoms with van der Waals surface area (Å²) in [5.74, 6) is 0.455. The van der Waals surface area contributed by atoms with E-state index in [1.165, 1.54) is 18.4 Å². The van der Waals surface area contributed by atoms with Gasteiger partial charge in [-0.15, -0.1) is 0 Å². The number of hydrogen-bond donors (Lipinski definition) is 1. The van der Waals surface area contributed by atoms with Gasteiger partial charge in [0.2, 0.25) is 5.91 Å². The molecule has 208 valence electrons. The Morgan fingerprint density at radius 2 is 1.84 bits per heavy atom. The van der Waals surface area contributed by atoms with E-state index in [1.54, 1.807) is 11.8 Å². The van der Waals surface area contributed by atoms with Crippen molar-refractivity contribution in [3.63, 3.8) is 0 Å². The SMILES string of the molecule is CCC(=O)[C@@H]1[C@H]2CCN1C(=O)Cn1cc(C(C)=O)c3cc(NCC(C)C)cc(c31)CCCCCCCCO2.